The van der Waals surface area contributed by atoms with Crippen LogP contribution in [0, 0.1) is 19.8 Å². The first-order valence-electron chi connectivity index (χ1n) is 7.88. The van der Waals surface area contributed by atoms with Crippen LogP contribution in [0.3, 0.4) is 0 Å². The zero-order chi connectivity index (χ0) is 15.4. The van der Waals surface area contributed by atoms with Crippen LogP contribution in [-0.4, -0.2) is 43.5 Å². The van der Waals surface area contributed by atoms with Gasteiger partial charge in [0.05, 0.1) is 6.04 Å². The molecule has 3 nitrogen and oxygen atoms in total. The van der Waals surface area contributed by atoms with Crippen LogP contribution in [0.1, 0.15) is 41.3 Å². The minimum Gasteiger partial charge on any atom is -0.381 e. The first kappa shape index (κ1) is 16.2. The molecule has 1 aromatic rings. The highest BCUT2D eigenvalue weighted by molar-refractivity contribution is 6.01. The fraction of sp³-hybridized carbons (Fsp3) is 0.611. The second kappa shape index (κ2) is 7.19. The number of hydrogen-bond acceptors (Lipinski definition) is 3. The highest BCUT2D eigenvalue weighted by Gasteiger charge is 2.24. The molecular weight excluding hydrogens is 262 g/mol. The summed E-state index contributed by atoms with van der Waals surface area (Å²) in [5.41, 5.74) is 3.07. The second-order valence-electron chi connectivity index (χ2n) is 6.35. The van der Waals surface area contributed by atoms with Crippen LogP contribution in [0.5, 0.6) is 0 Å². The fourth-order valence-electron chi connectivity index (χ4n) is 2.92. The molecule has 2 rings (SSSR count). The molecule has 0 saturated carbocycles. The van der Waals surface area contributed by atoms with Crippen molar-refractivity contribution in [2.45, 2.75) is 39.7 Å². The highest BCUT2D eigenvalue weighted by Crippen LogP contribution is 2.19. The monoisotopic (exact) mass is 289 g/mol. The third-order valence-electron chi connectivity index (χ3n) is 4.59. The lowest BCUT2D eigenvalue weighted by Gasteiger charge is -2.30. The molecule has 0 N–H and O–H groups in total. The molecule has 1 unspecified atom stereocenters. The molecule has 1 saturated heterocycles. The van der Waals surface area contributed by atoms with Gasteiger partial charge in [0, 0.05) is 25.3 Å². The van der Waals surface area contributed by atoms with E-state index in [0.717, 1.165) is 49.3 Å². The molecule has 0 aliphatic carbocycles. The van der Waals surface area contributed by atoms with Gasteiger partial charge in [-0.1, -0.05) is 17.7 Å². The first-order chi connectivity index (χ1) is 9.99. The van der Waals surface area contributed by atoms with Crippen molar-refractivity contribution in [2.75, 3.05) is 26.8 Å². The summed E-state index contributed by atoms with van der Waals surface area (Å²) in [6.45, 7) is 8.75. The second-order valence-corrected chi connectivity index (χ2v) is 6.35. The van der Waals surface area contributed by atoms with Crippen LogP contribution in [0.4, 0.5) is 0 Å². The average molecular weight is 289 g/mol. The lowest BCUT2D eigenvalue weighted by atomic mass is 9.95. The van der Waals surface area contributed by atoms with Crippen molar-refractivity contribution in [2.24, 2.45) is 5.92 Å². The van der Waals surface area contributed by atoms with Crippen LogP contribution in [-0.2, 0) is 4.74 Å². The van der Waals surface area contributed by atoms with Gasteiger partial charge in [-0.15, -0.1) is 0 Å². The Kier molecular flexibility index (Phi) is 5.54. The van der Waals surface area contributed by atoms with Crippen LogP contribution in [0.15, 0.2) is 18.2 Å². The van der Waals surface area contributed by atoms with Crippen molar-refractivity contribution in [1.29, 1.82) is 0 Å². The number of aryl methyl sites for hydroxylation is 2. The molecule has 0 bridgehead atoms. The first-order valence-corrected chi connectivity index (χ1v) is 7.88. The third kappa shape index (κ3) is 4.14. The molecule has 1 aromatic carbocycles. The minimum absolute atomic E-state index is 0.0756. The molecule has 0 radical (unpaired) electrons. The quantitative estimate of drug-likeness (QED) is 0.779. The number of nitrogens with zero attached hydrogens (tertiary/aromatic N) is 1. The molecule has 1 aliphatic rings. The number of ether oxygens (including phenoxy) is 1. The molecule has 116 valence electrons. The van der Waals surface area contributed by atoms with Crippen LogP contribution in [0.25, 0.3) is 0 Å². The zero-order valence-electron chi connectivity index (χ0n) is 13.7. The Bertz CT molecular complexity index is 492. The lowest BCUT2D eigenvalue weighted by Crippen LogP contribution is -2.40. The van der Waals surface area contributed by atoms with Gasteiger partial charge in [0.15, 0.2) is 5.78 Å². The van der Waals surface area contributed by atoms with Gasteiger partial charge in [0.2, 0.25) is 0 Å². The van der Waals surface area contributed by atoms with Crippen molar-refractivity contribution in [1.82, 2.24) is 4.90 Å². The Morgan fingerprint density at radius 3 is 2.67 bits per heavy atom. The van der Waals surface area contributed by atoms with E-state index in [1.165, 1.54) is 0 Å². The van der Waals surface area contributed by atoms with E-state index in [0.29, 0.717) is 5.92 Å². The summed E-state index contributed by atoms with van der Waals surface area (Å²) < 4.78 is 5.40. The third-order valence-corrected chi connectivity index (χ3v) is 4.59. The molecule has 0 aromatic heterocycles. The molecule has 1 aliphatic heterocycles. The van der Waals surface area contributed by atoms with Gasteiger partial charge in [-0.3, -0.25) is 9.69 Å². The Morgan fingerprint density at radius 2 is 2.00 bits per heavy atom. The standard InChI is InChI=1S/C18H27NO2/c1-13-5-6-14(2)17(11-13)18(20)15(3)19(4)12-16-7-9-21-10-8-16/h5-6,11,15-16H,7-10,12H2,1-4H3. The Morgan fingerprint density at radius 1 is 1.33 bits per heavy atom. The summed E-state index contributed by atoms with van der Waals surface area (Å²) in [6, 6.07) is 6.03. The molecular formula is C18H27NO2. The predicted octanol–water partition coefficient (Wildman–Crippen LogP) is 3.23. The number of Topliss-reactive ketones (excluding diaryl/α,β-unsaturated/α-hetero) is 1. The number of rotatable bonds is 5. The molecule has 1 fully saturated rings. The number of carbonyl (C=O) groups is 1. The van der Waals surface area contributed by atoms with Crippen molar-refractivity contribution in [3.05, 3.63) is 34.9 Å². The van der Waals surface area contributed by atoms with E-state index < -0.39 is 0 Å². The van der Waals surface area contributed by atoms with Crippen molar-refractivity contribution in [3.63, 3.8) is 0 Å². The number of ketones is 1. The van der Waals surface area contributed by atoms with E-state index in [1.807, 2.05) is 32.9 Å². The largest absolute Gasteiger partial charge is 0.381 e. The van der Waals surface area contributed by atoms with E-state index in [9.17, 15) is 4.79 Å². The van der Waals surface area contributed by atoms with Gasteiger partial charge in [-0.05, 0) is 58.2 Å². The summed E-state index contributed by atoms with van der Waals surface area (Å²) >= 11 is 0. The van der Waals surface area contributed by atoms with Gasteiger partial charge < -0.3 is 4.74 Å². The summed E-state index contributed by atoms with van der Waals surface area (Å²) in [5.74, 6) is 0.878. The van der Waals surface area contributed by atoms with E-state index in [1.54, 1.807) is 0 Å². The van der Waals surface area contributed by atoms with E-state index >= 15 is 0 Å². The maximum Gasteiger partial charge on any atom is 0.179 e. The normalized spacial score (nSPS) is 18.0. The predicted molar refractivity (Wildman–Crippen MR) is 85.9 cm³/mol. The van der Waals surface area contributed by atoms with Crippen molar-refractivity contribution in [3.8, 4) is 0 Å². The molecule has 21 heavy (non-hydrogen) atoms. The molecule has 0 amide bonds. The van der Waals surface area contributed by atoms with Gasteiger partial charge >= 0.3 is 0 Å². The smallest absolute Gasteiger partial charge is 0.179 e. The summed E-state index contributed by atoms with van der Waals surface area (Å²) in [7, 11) is 2.06. The molecule has 0 spiro atoms. The van der Waals surface area contributed by atoms with E-state index in [-0.39, 0.29) is 11.8 Å². The van der Waals surface area contributed by atoms with Gasteiger partial charge in [-0.2, -0.15) is 0 Å². The Balaban J connectivity index is 2.02. The number of carbonyl (C=O) groups excluding carboxylic acids is 1. The Hall–Kier alpha value is -1.19. The summed E-state index contributed by atoms with van der Waals surface area (Å²) in [5, 5.41) is 0. The van der Waals surface area contributed by atoms with E-state index in [2.05, 4.69) is 18.0 Å². The topological polar surface area (TPSA) is 29.5 Å². The molecule has 1 atom stereocenters. The van der Waals surface area contributed by atoms with Gasteiger partial charge in [0.1, 0.15) is 0 Å². The number of hydrogen-bond donors (Lipinski definition) is 0. The minimum atomic E-state index is -0.0756. The molecule has 1 heterocycles. The average Bonchev–Trinajstić information content (AvgIpc) is 2.49. The van der Waals surface area contributed by atoms with Crippen molar-refractivity contribution >= 4 is 5.78 Å². The zero-order valence-corrected chi connectivity index (χ0v) is 13.7. The fourth-order valence-corrected chi connectivity index (χ4v) is 2.92. The summed E-state index contributed by atoms with van der Waals surface area (Å²) in [4.78, 5) is 14.9. The molecule has 3 heteroatoms. The lowest BCUT2D eigenvalue weighted by molar-refractivity contribution is 0.0496. The summed E-state index contributed by atoms with van der Waals surface area (Å²) in [6.07, 6.45) is 2.21. The van der Waals surface area contributed by atoms with Gasteiger partial charge in [0.25, 0.3) is 0 Å². The van der Waals surface area contributed by atoms with Crippen LogP contribution in [0.2, 0.25) is 0 Å². The van der Waals surface area contributed by atoms with Crippen LogP contribution < -0.4 is 0 Å². The van der Waals surface area contributed by atoms with Crippen LogP contribution >= 0.6 is 0 Å². The highest BCUT2D eigenvalue weighted by atomic mass is 16.5. The van der Waals surface area contributed by atoms with Gasteiger partial charge in [-0.25, -0.2) is 0 Å². The SMILES string of the molecule is Cc1ccc(C)c(C(=O)C(C)N(C)CC2CCOCC2)c1. The maximum absolute atomic E-state index is 12.7. The number of benzene rings is 1. The maximum atomic E-state index is 12.7. The van der Waals surface area contributed by atoms with Crippen molar-refractivity contribution < 1.29 is 9.53 Å². The van der Waals surface area contributed by atoms with E-state index in [4.69, 9.17) is 4.74 Å². The Labute approximate surface area is 128 Å². The number of likely N-dealkylation sites (N-methyl/N-ethyl adjacent to an activating group) is 1.